The third-order valence-corrected chi connectivity index (χ3v) is 5.96. The number of hydrogen-bond acceptors (Lipinski definition) is 7. The molecule has 0 spiro atoms. The van der Waals surface area contributed by atoms with Crippen molar-refractivity contribution in [2.45, 2.75) is 12.9 Å². The lowest BCUT2D eigenvalue weighted by Crippen LogP contribution is -2.19. The van der Waals surface area contributed by atoms with Crippen LogP contribution in [0.2, 0.25) is 0 Å². The summed E-state index contributed by atoms with van der Waals surface area (Å²) < 4.78 is 40.7. The van der Waals surface area contributed by atoms with Crippen LogP contribution in [0.5, 0.6) is 11.5 Å². The van der Waals surface area contributed by atoms with Gasteiger partial charge in [-0.1, -0.05) is 12.1 Å². The standard InChI is InChI=1S/C21H14F3N3O3S2/c22-21(23,24)30-16-6-4-13(5-7-16)19-26-14(11-31-19)9-17-18(29)27-20(32-17)25-10-12-2-1-3-15(28)8-12/h1-9,11,28H,10H2,(H,25,27,29)/b17-9+. The number of phenolic OH excluding ortho intramolecular Hbond substituents is 1. The Kier molecular flexibility index (Phi) is 6.19. The number of hydrogen-bond donors (Lipinski definition) is 2. The molecule has 1 aliphatic rings. The number of ether oxygens (including phenoxy) is 1. The van der Waals surface area contributed by atoms with Crippen LogP contribution in [0.3, 0.4) is 0 Å². The van der Waals surface area contributed by atoms with Crippen LogP contribution in [0.4, 0.5) is 13.2 Å². The number of amidine groups is 1. The number of thioether (sulfide) groups is 1. The van der Waals surface area contributed by atoms with Crippen molar-refractivity contribution in [3.63, 3.8) is 0 Å². The fourth-order valence-corrected chi connectivity index (χ4v) is 4.33. The number of carbonyl (C=O) groups is 1. The van der Waals surface area contributed by atoms with E-state index in [4.69, 9.17) is 0 Å². The van der Waals surface area contributed by atoms with Crippen molar-refractivity contribution in [1.82, 2.24) is 10.3 Å². The minimum Gasteiger partial charge on any atom is -0.508 e. The number of amides is 1. The molecule has 0 bridgehead atoms. The molecule has 1 saturated heterocycles. The SMILES string of the molecule is O=C1NC(=NCc2cccc(O)c2)S/C1=C/c1csc(-c2ccc(OC(F)(F)F)cc2)n1. The molecule has 0 radical (unpaired) electrons. The second kappa shape index (κ2) is 9.05. The molecule has 1 aromatic heterocycles. The molecule has 2 aromatic carbocycles. The number of benzene rings is 2. The number of nitrogens with zero attached hydrogens (tertiary/aromatic N) is 2. The van der Waals surface area contributed by atoms with Crippen molar-refractivity contribution in [3.8, 4) is 22.1 Å². The van der Waals surface area contributed by atoms with Gasteiger partial charge in [0, 0.05) is 10.9 Å². The summed E-state index contributed by atoms with van der Waals surface area (Å²) in [6, 6.07) is 12.1. The fourth-order valence-electron chi connectivity index (χ4n) is 2.74. The van der Waals surface area contributed by atoms with Gasteiger partial charge in [-0.15, -0.1) is 24.5 Å². The molecule has 32 heavy (non-hydrogen) atoms. The van der Waals surface area contributed by atoms with E-state index in [1.54, 1.807) is 29.7 Å². The molecule has 3 aromatic rings. The molecule has 0 unspecified atom stereocenters. The smallest absolute Gasteiger partial charge is 0.508 e. The quantitative estimate of drug-likeness (QED) is 0.495. The van der Waals surface area contributed by atoms with E-state index in [1.165, 1.54) is 47.4 Å². The van der Waals surface area contributed by atoms with Crippen LogP contribution in [-0.2, 0) is 11.3 Å². The molecule has 1 fully saturated rings. The summed E-state index contributed by atoms with van der Waals surface area (Å²) in [5.41, 5.74) is 1.99. The monoisotopic (exact) mass is 477 g/mol. The average Bonchev–Trinajstić information content (AvgIpc) is 3.33. The van der Waals surface area contributed by atoms with Crippen LogP contribution in [0.15, 0.2) is 63.8 Å². The van der Waals surface area contributed by atoms with Crippen LogP contribution in [0, 0.1) is 0 Å². The second-order valence-electron chi connectivity index (χ2n) is 6.51. The Morgan fingerprint density at radius 3 is 2.69 bits per heavy atom. The van der Waals surface area contributed by atoms with Crippen LogP contribution in [0.1, 0.15) is 11.3 Å². The maximum absolute atomic E-state index is 12.3. The number of alkyl halides is 3. The van der Waals surface area contributed by atoms with Crippen LogP contribution in [-0.4, -0.2) is 27.5 Å². The predicted molar refractivity (Wildman–Crippen MR) is 117 cm³/mol. The predicted octanol–water partition coefficient (Wildman–Crippen LogP) is 5.17. The number of halogens is 3. The number of thiazole rings is 1. The van der Waals surface area contributed by atoms with Crippen LogP contribution >= 0.6 is 23.1 Å². The van der Waals surface area contributed by atoms with Crippen molar-refractivity contribution in [3.05, 3.63) is 70.1 Å². The van der Waals surface area contributed by atoms with E-state index in [0.717, 1.165) is 5.56 Å². The van der Waals surface area contributed by atoms with E-state index in [9.17, 15) is 23.1 Å². The van der Waals surface area contributed by atoms with Gasteiger partial charge in [0.2, 0.25) is 0 Å². The summed E-state index contributed by atoms with van der Waals surface area (Å²) in [4.78, 5) is 21.4. The Bertz CT molecular complexity index is 1200. The molecular formula is C21H14F3N3O3S2. The molecule has 4 rings (SSSR count). The first-order valence-electron chi connectivity index (χ1n) is 9.10. The van der Waals surface area contributed by atoms with Gasteiger partial charge in [-0.25, -0.2) is 4.98 Å². The second-order valence-corrected chi connectivity index (χ2v) is 8.39. The van der Waals surface area contributed by atoms with Gasteiger partial charge in [0.05, 0.1) is 17.1 Å². The first kappa shape index (κ1) is 21.9. The zero-order valence-electron chi connectivity index (χ0n) is 16.1. The summed E-state index contributed by atoms with van der Waals surface area (Å²) in [5.74, 6) is -0.460. The van der Waals surface area contributed by atoms with Gasteiger partial charge >= 0.3 is 6.36 Å². The molecule has 2 N–H and O–H groups in total. The van der Waals surface area contributed by atoms with E-state index < -0.39 is 6.36 Å². The molecule has 0 atom stereocenters. The highest BCUT2D eigenvalue weighted by molar-refractivity contribution is 8.18. The zero-order chi connectivity index (χ0) is 22.7. The van der Waals surface area contributed by atoms with E-state index in [1.807, 2.05) is 6.07 Å². The Morgan fingerprint density at radius 2 is 1.97 bits per heavy atom. The van der Waals surface area contributed by atoms with Crippen molar-refractivity contribution >= 4 is 40.2 Å². The van der Waals surface area contributed by atoms with Crippen molar-refractivity contribution < 1.29 is 27.8 Å². The zero-order valence-corrected chi connectivity index (χ0v) is 17.7. The van der Waals surface area contributed by atoms with E-state index in [2.05, 4.69) is 20.0 Å². The Hall–Kier alpha value is -3.31. The van der Waals surface area contributed by atoms with Gasteiger partial charge in [-0.3, -0.25) is 9.79 Å². The Labute approximate surface area is 188 Å². The van der Waals surface area contributed by atoms with Crippen LogP contribution < -0.4 is 10.1 Å². The number of phenols is 1. The minimum atomic E-state index is -4.74. The maximum Gasteiger partial charge on any atom is 0.573 e. The van der Waals surface area contributed by atoms with Crippen molar-refractivity contribution in [1.29, 1.82) is 0 Å². The number of aliphatic imine (C=N–C) groups is 1. The van der Waals surface area contributed by atoms with Gasteiger partial charge in [-0.05, 0) is 59.8 Å². The lowest BCUT2D eigenvalue weighted by Gasteiger charge is -2.08. The highest BCUT2D eigenvalue weighted by Gasteiger charge is 2.31. The molecule has 1 aliphatic heterocycles. The summed E-state index contributed by atoms with van der Waals surface area (Å²) in [5, 5.41) is 15.0. The van der Waals surface area contributed by atoms with Gasteiger partial charge in [0.25, 0.3) is 5.91 Å². The number of carbonyl (C=O) groups excluding carboxylic acids is 1. The molecule has 0 aliphatic carbocycles. The summed E-state index contributed by atoms with van der Waals surface area (Å²) in [6.45, 7) is 0.305. The van der Waals surface area contributed by atoms with Crippen molar-refractivity contribution in [2.24, 2.45) is 4.99 Å². The molecular weight excluding hydrogens is 463 g/mol. The summed E-state index contributed by atoms with van der Waals surface area (Å²) in [7, 11) is 0. The highest BCUT2D eigenvalue weighted by Crippen LogP contribution is 2.31. The minimum absolute atomic E-state index is 0.147. The average molecular weight is 477 g/mol. The molecule has 164 valence electrons. The van der Waals surface area contributed by atoms with Gasteiger partial charge in [0.1, 0.15) is 16.5 Å². The topological polar surface area (TPSA) is 83.8 Å². The largest absolute Gasteiger partial charge is 0.573 e. The van der Waals surface area contributed by atoms with E-state index >= 15 is 0 Å². The molecule has 1 amide bonds. The number of nitrogens with one attached hydrogen (secondary N) is 1. The first-order chi connectivity index (χ1) is 15.2. The lowest BCUT2D eigenvalue weighted by atomic mass is 10.2. The van der Waals surface area contributed by atoms with Gasteiger partial charge < -0.3 is 15.2 Å². The Morgan fingerprint density at radius 1 is 1.19 bits per heavy atom. The number of aromatic hydroxyl groups is 1. The third-order valence-electron chi connectivity index (χ3n) is 4.10. The van der Waals surface area contributed by atoms with E-state index in [0.29, 0.717) is 32.9 Å². The molecule has 2 heterocycles. The van der Waals surface area contributed by atoms with Crippen LogP contribution in [0.25, 0.3) is 16.6 Å². The van der Waals surface area contributed by atoms with Gasteiger partial charge in [-0.2, -0.15) is 0 Å². The normalized spacial score (nSPS) is 16.5. The third kappa shape index (κ3) is 5.68. The molecule has 11 heteroatoms. The summed E-state index contributed by atoms with van der Waals surface area (Å²) >= 11 is 2.48. The highest BCUT2D eigenvalue weighted by atomic mass is 32.2. The number of rotatable bonds is 5. The van der Waals surface area contributed by atoms with E-state index in [-0.39, 0.29) is 17.4 Å². The number of aromatic nitrogens is 1. The fraction of sp³-hybridized carbons (Fsp3) is 0.0952. The lowest BCUT2D eigenvalue weighted by molar-refractivity contribution is -0.274. The Balaban J connectivity index is 1.43. The van der Waals surface area contributed by atoms with Crippen molar-refractivity contribution in [2.75, 3.05) is 0 Å². The molecule has 6 nitrogen and oxygen atoms in total. The molecule has 0 saturated carbocycles. The summed E-state index contributed by atoms with van der Waals surface area (Å²) in [6.07, 6.45) is -3.12. The van der Waals surface area contributed by atoms with Gasteiger partial charge in [0.15, 0.2) is 5.17 Å². The first-order valence-corrected chi connectivity index (χ1v) is 10.8. The maximum atomic E-state index is 12.3.